The summed E-state index contributed by atoms with van der Waals surface area (Å²) in [5, 5.41) is 13.8. The molecule has 2 aromatic rings. The fourth-order valence-electron chi connectivity index (χ4n) is 3.27. The molecule has 0 aliphatic carbocycles. The highest BCUT2D eigenvalue weighted by Gasteiger charge is 2.32. The molecule has 22 heavy (non-hydrogen) atoms. The van der Waals surface area contributed by atoms with Crippen molar-refractivity contribution in [3.63, 3.8) is 0 Å². The summed E-state index contributed by atoms with van der Waals surface area (Å²) in [6.07, 6.45) is 2.79. The van der Waals surface area contributed by atoms with Crippen LogP contribution in [-0.2, 0) is 0 Å². The van der Waals surface area contributed by atoms with Gasteiger partial charge in [-0.05, 0) is 39.7 Å². The Balaban J connectivity index is 1.75. The molecular formula is C17H23N3O2. The number of aliphatic hydroxyl groups excluding tert-OH is 1. The molecule has 1 aromatic carbocycles. The van der Waals surface area contributed by atoms with Crippen LogP contribution in [0.5, 0.6) is 0 Å². The van der Waals surface area contributed by atoms with Crippen molar-refractivity contribution >= 4 is 0 Å². The lowest BCUT2D eigenvalue weighted by molar-refractivity contribution is 0.102. The van der Waals surface area contributed by atoms with E-state index in [0.717, 1.165) is 31.4 Å². The van der Waals surface area contributed by atoms with Crippen LogP contribution in [0.1, 0.15) is 45.0 Å². The van der Waals surface area contributed by atoms with Gasteiger partial charge in [-0.2, -0.15) is 4.98 Å². The van der Waals surface area contributed by atoms with Crippen molar-refractivity contribution in [2.24, 2.45) is 0 Å². The summed E-state index contributed by atoms with van der Waals surface area (Å²) in [4.78, 5) is 6.93. The Kier molecular flexibility index (Phi) is 4.55. The van der Waals surface area contributed by atoms with E-state index in [9.17, 15) is 5.11 Å². The maximum Gasteiger partial charge on any atom is 0.244 e. The average Bonchev–Trinajstić information content (AvgIpc) is 3.16. The zero-order valence-corrected chi connectivity index (χ0v) is 13.1. The molecule has 1 aliphatic heterocycles. The van der Waals surface area contributed by atoms with E-state index in [1.165, 1.54) is 0 Å². The molecule has 0 amide bonds. The molecule has 0 radical (unpaired) electrons. The normalized spacial score (nSPS) is 21.9. The van der Waals surface area contributed by atoms with Gasteiger partial charge in [0.05, 0.1) is 12.1 Å². The van der Waals surface area contributed by atoms with Gasteiger partial charge in [-0.1, -0.05) is 35.5 Å². The van der Waals surface area contributed by atoms with E-state index in [1.54, 1.807) is 0 Å². The summed E-state index contributed by atoms with van der Waals surface area (Å²) in [7, 11) is 0. The van der Waals surface area contributed by atoms with E-state index in [2.05, 4.69) is 22.0 Å². The van der Waals surface area contributed by atoms with Gasteiger partial charge in [-0.3, -0.25) is 4.90 Å². The molecule has 3 unspecified atom stereocenters. The predicted molar refractivity (Wildman–Crippen MR) is 84.2 cm³/mol. The Bertz CT molecular complexity index is 597. The fraction of sp³-hybridized carbons (Fsp3) is 0.529. The molecule has 1 aliphatic rings. The molecule has 2 heterocycles. The van der Waals surface area contributed by atoms with Crippen LogP contribution in [0.2, 0.25) is 0 Å². The third-order valence-corrected chi connectivity index (χ3v) is 4.36. The van der Waals surface area contributed by atoms with E-state index in [0.29, 0.717) is 17.8 Å². The third kappa shape index (κ3) is 3.20. The number of hydrogen-bond donors (Lipinski definition) is 1. The van der Waals surface area contributed by atoms with Gasteiger partial charge in [-0.25, -0.2) is 0 Å². The quantitative estimate of drug-likeness (QED) is 0.919. The maximum atomic E-state index is 9.66. The molecule has 1 N–H and O–H groups in total. The van der Waals surface area contributed by atoms with Gasteiger partial charge in [0.15, 0.2) is 0 Å². The van der Waals surface area contributed by atoms with Gasteiger partial charge in [0.25, 0.3) is 0 Å². The van der Waals surface area contributed by atoms with Crippen molar-refractivity contribution < 1.29 is 9.63 Å². The van der Waals surface area contributed by atoms with E-state index < -0.39 is 0 Å². The van der Waals surface area contributed by atoms with Crippen LogP contribution < -0.4 is 0 Å². The second kappa shape index (κ2) is 6.58. The highest BCUT2D eigenvalue weighted by Crippen LogP contribution is 2.31. The highest BCUT2D eigenvalue weighted by molar-refractivity contribution is 5.53. The van der Waals surface area contributed by atoms with Gasteiger partial charge in [0.2, 0.25) is 11.7 Å². The minimum Gasteiger partial charge on any atom is -0.393 e. The van der Waals surface area contributed by atoms with Crippen LogP contribution in [0.4, 0.5) is 0 Å². The second-order valence-corrected chi connectivity index (χ2v) is 6.12. The van der Waals surface area contributed by atoms with Crippen molar-refractivity contribution in [3.8, 4) is 11.4 Å². The molecular weight excluding hydrogens is 278 g/mol. The Morgan fingerprint density at radius 3 is 2.82 bits per heavy atom. The van der Waals surface area contributed by atoms with Gasteiger partial charge in [0.1, 0.15) is 0 Å². The van der Waals surface area contributed by atoms with E-state index in [1.807, 2.05) is 37.3 Å². The molecule has 1 saturated heterocycles. The minimum atomic E-state index is -0.277. The second-order valence-electron chi connectivity index (χ2n) is 6.12. The summed E-state index contributed by atoms with van der Waals surface area (Å²) in [5.41, 5.74) is 0.964. The summed E-state index contributed by atoms with van der Waals surface area (Å²) >= 11 is 0. The molecule has 118 valence electrons. The first kappa shape index (κ1) is 15.2. The van der Waals surface area contributed by atoms with Gasteiger partial charge >= 0.3 is 0 Å². The topological polar surface area (TPSA) is 62.4 Å². The lowest BCUT2D eigenvalue weighted by atomic mass is 10.1. The number of hydrogen-bond acceptors (Lipinski definition) is 5. The highest BCUT2D eigenvalue weighted by atomic mass is 16.5. The van der Waals surface area contributed by atoms with E-state index in [4.69, 9.17) is 4.52 Å². The molecule has 1 fully saturated rings. The first-order valence-corrected chi connectivity index (χ1v) is 7.98. The lowest BCUT2D eigenvalue weighted by Crippen LogP contribution is -2.34. The van der Waals surface area contributed by atoms with Crippen molar-refractivity contribution in [1.82, 2.24) is 15.0 Å². The number of rotatable bonds is 5. The van der Waals surface area contributed by atoms with Crippen LogP contribution in [0.3, 0.4) is 0 Å². The summed E-state index contributed by atoms with van der Waals surface area (Å²) in [6.45, 7) is 4.96. The Labute approximate surface area is 131 Å². The number of likely N-dealkylation sites (tertiary alicyclic amines) is 1. The van der Waals surface area contributed by atoms with Crippen LogP contribution in [0.15, 0.2) is 34.9 Å². The number of aromatic nitrogens is 2. The molecule has 0 bridgehead atoms. The van der Waals surface area contributed by atoms with Crippen molar-refractivity contribution in [2.75, 3.05) is 6.54 Å². The fourth-order valence-corrected chi connectivity index (χ4v) is 3.27. The Hall–Kier alpha value is -1.72. The largest absolute Gasteiger partial charge is 0.393 e. The molecule has 3 atom stereocenters. The van der Waals surface area contributed by atoms with Gasteiger partial charge in [-0.15, -0.1) is 0 Å². The predicted octanol–water partition coefficient (Wildman–Crippen LogP) is 3.03. The van der Waals surface area contributed by atoms with Crippen LogP contribution >= 0.6 is 0 Å². The van der Waals surface area contributed by atoms with Crippen molar-refractivity contribution in [1.29, 1.82) is 0 Å². The third-order valence-electron chi connectivity index (χ3n) is 4.36. The standard InChI is InChI=1S/C17H23N3O2/c1-12(21)11-15-9-6-10-20(15)13(2)17-18-16(19-22-17)14-7-4-3-5-8-14/h3-5,7-8,12-13,15,21H,6,9-11H2,1-2H3. The first-order chi connectivity index (χ1) is 10.6. The number of nitrogens with zero attached hydrogens (tertiary/aromatic N) is 3. The number of aliphatic hydroxyl groups is 1. The zero-order valence-electron chi connectivity index (χ0n) is 13.1. The molecule has 1 aromatic heterocycles. The van der Waals surface area contributed by atoms with Gasteiger partial charge < -0.3 is 9.63 Å². The maximum absolute atomic E-state index is 9.66. The average molecular weight is 301 g/mol. The summed E-state index contributed by atoms with van der Waals surface area (Å²) in [6, 6.07) is 10.3. The van der Waals surface area contributed by atoms with E-state index in [-0.39, 0.29) is 12.1 Å². The van der Waals surface area contributed by atoms with E-state index >= 15 is 0 Å². The molecule has 5 nitrogen and oxygen atoms in total. The zero-order chi connectivity index (χ0) is 15.5. The van der Waals surface area contributed by atoms with Gasteiger partial charge in [0, 0.05) is 11.6 Å². The van der Waals surface area contributed by atoms with Crippen molar-refractivity contribution in [2.45, 2.75) is 51.3 Å². The molecule has 3 rings (SSSR count). The smallest absolute Gasteiger partial charge is 0.244 e. The monoisotopic (exact) mass is 301 g/mol. The molecule has 5 heteroatoms. The summed E-state index contributed by atoms with van der Waals surface area (Å²) < 4.78 is 5.48. The Morgan fingerprint density at radius 1 is 1.32 bits per heavy atom. The Morgan fingerprint density at radius 2 is 2.09 bits per heavy atom. The number of benzene rings is 1. The minimum absolute atomic E-state index is 0.0798. The molecule has 0 spiro atoms. The summed E-state index contributed by atoms with van der Waals surface area (Å²) in [5.74, 6) is 1.28. The SMILES string of the molecule is CC(O)CC1CCCN1C(C)c1nc(-c2ccccc2)no1. The lowest BCUT2D eigenvalue weighted by Gasteiger charge is -2.29. The van der Waals surface area contributed by atoms with Crippen molar-refractivity contribution in [3.05, 3.63) is 36.2 Å². The van der Waals surface area contributed by atoms with Crippen LogP contribution in [0, 0.1) is 0 Å². The van der Waals surface area contributed by atoms with Crippen LogP contribution in [-0.4, -0.2) is 38.8 Å². The molecule has 0 saturated carbocycles. The van der Waals surface area contributed by atoms with Crippen LogP contribution in [0.25, 0.3) is 11.4 Å². The first-order valence-electron chi connectivity index (χ1n) is 7.98.